The molecule has 1 atom stereocenters. The summed E-state index contributed by atoms with van der Waals surface area (Å²) in [7, 11) is 0. The highest BCUT2D eigenvalue weighted by Crippen LogP contribution is 2.37. The number of non-ortho nitro benzene ring substituents is 1. The fraction of sp³-hybridized carbons (Fsp3) is 0.125. The number of hydrogen-bond acceptors (Lipinski definition) is 5. The number of benzene rings is 2. The Morgan fingerprint density at radius 1 is 1.19 bits per heavy atom. The molecule has 0 radical (unpaired) electrons. The number of hydrazone groups is 1. The van der Waals surface area contributed by atoms with Crippen molar-refractivity contribution in [1.82, 2.24) is 5.01 Å². The summed E-state index contributed by atoms with van der Waals surface area (Å²) in [5.41, 5.74) is 0.632. The molecule has 2 aromatic rings. The second-order valence-corrected chi connectivity index (χ2v) is 6.58. The van der Waals surface area contributed by atoms with Crippen molar-refractivity contribution < 1.29 is 14.5 Å². The van der Waals surface area contributed by atoms with Gasteiger partial charge >= 0.3 is 0 Å². The van der Waals surface area contributed by atoms with Crippen LogP contribution in [0.15, 0.2) is 41.5 Å². The summed E-state index contributed by atoms with van der Waals surface area (Å²) in [5.74, 6) is -0.286. The van der Waals surface area contributed by atoms with Crippen LogP contribution >= 0.6 is 34.8 Å². The average molecular weight is 415 g/mol. The lowest BCUT2D eigenvalue weighted by atomic mass is 10.1. The van der Waals surface area contributed by atoms with Crippen molar-refractivity contribution in [2.45, 2.75) is 13.2 Å². The van der Waals surface area contributed by atoms with Crippen molar-refractivity contribution in [2.24, 2.45) is 5.10 Å². The molecular formula is C16H10Cl3N3O4. The van der Waals surface area contributed by atoms with E-state index in [4.69, 9.17) is 39.5 Å². The largest absolute Gasteiger partial charge is 0.446 e. The first-order chi connectivity index (χ1) is 12.3. The summed E-state index contributed by atoms with van der Waals surface area (Å²) in [6.07, 6.45) is -0.970. The molecule has 0 aromatic heterocycles. The Hall–Kier alpha value is -2.35. The van der Waals surface area contributed by atoms with Crippen molar-refractivity contribution >= 4 is 52.3 Å². The third-order valence-corrected chi connectivity index (χ3v) is 4.46. The van der Waals surface area contributed by atoms with Crippen LogP contribution in [0.1, 0.15) is 24.3 Å². The predicted molar refractivity (Wildman–Crippen MR) is 97.5 cm³/mol. The number of nitro benzene ring substituents is 1. The minimum Gasteiger partial charge on any atom is -0.446 e. The maximum Gasteiger partial charge on any atom is 0.270 e. The van der Waals surface area contributed by atoms with Crippen LogP contribution in [0, 0.1) is 10.1 Å². The summed E-state index contributed by atoms with van der Waals surface area (Å²) in [5, 5.41) is 16.9. The van der Waals surface area contributed by atoms with Crippen LogP contribution in [0.4, 0.5) is 5.69 Å². The normalized spacial score (nSPS) is 16.2. The van der Waals surface area contributed by atoms with Crippen LogP contribution < -0.4 is 0 Å². The van der Waals surface area contributed by atoms with Gasteiger partial charge in [0.05, 0.1) is 20.5 Å². The molecule has 3 rings (SSSR count). The van der Waals surface area contributed by atoms with E-state index < -0.39 is 17.1 Å². The minimum atomic E-state index is -0.970. The van der Waals surface area contributed by atoms with Gasteiger partial charge in [0.1, 0.15) is 0 Å². The molecule has 0 saturated heterocycles. The molecule has 134 valence electrons. The number of nitrogens with zero attached hydrogens (tertiary/aromatic N) is 3. The zero-order valence-electron chi connectivity index (χ0n) is 13.1. The highest BCUT2D eigenvalue weighted by Gasteiger charge is 2.35. The van der Waals surface area contributed by atoms with E-state index >= 15 is 0 Å². The van der Waals surface area contributed by atoms with Gasteiger partial charge in [-0.2, -0.15) is 5.01 Å². The summed E-state index contributed by atoms with van der Waals surface area (Å²) >= 11 is 18.2. The van der Waals surface area contributed by atoms with E-state index in [-0.39, 0.29) is 16.6 Å². The predicted octanol–water partition coefficient (Wildman–Crippen LogP) is 4.79. The van der Waals surface area contributed by atoms with E-state index in [1.807, 2.05) is 0 Å². The van der Waals surface area contributed by atoms with Gasteiger partial charge in [-0.15, -0.1) is 5.10 Å². The van der Waals surface area contributed by atoms with Crippen molar-refractivity contribution in [1.29, 1.82) is 0 Å². The molecule has 0 fully saturated rings. The van der Waals surface area contributed by atoms with E-state index in [0.717, 1.165) is 5.01 Å². The molecule has 0 saturated carbocycles. The molecule has 1 unspecified atom stereocenters. The minimum absolute atomic E-state index is 0.0779. The second kappa shape index (κ2) is 7.11. The number of rotatable bonds is 3. The van der Waals surface area contributed by atoms with Gasteiger partial charge in [-0.25, -0.2) is 0 Å². The first kappa shape index (κ1) is 18.4. The number of carbonyl (C=O) groups is 1. The lowest BCUT2D eigenvalue weighted by Gasteiger charge is -2.20. The molecule has 1 heterocycles. The molecule has 1 amide bonds. The molecule has 10 heteroatoms. The third-order valence-electron chi connectivity index (χ3n) is 3.59. The number of carbonyl (C=O) groups excluding carboxylic acids is 1. The summed E-state index contributed by atoms with van der Waals surface area (Å²) in [4.78, 5) is 22.3. The molecule has 26 heavy (non-hydrogen) atoms. The average Bonchev–Trinajstić information content (AvgIpc) is 2.99. The second-order valence-electron chi connectivity index (χ2n) is 5.33. The summed E-state index contributed by atoms with van der Waals surface area (Å²) in [6.45, 7) is 1.31. The van der Waals surface area contributed by atoms with E-state index in [9.17, 15) is 14.9 Å². The van der Waals surface area contributed by atoms with Gasteiger partial charge in [-0.05, 0) is 24.3 Å². The Morgan fingerprint density at radius 3 is 2.50 bits per heavy atom. The van der Waals surface area contributed by atoms with Crippen LogP contribution in [0.2, 0.25) is 15.1 Å². The standard InChI is InChI=1S/C16H10Cl3N3O4/c1-8(23)21-16(12-5-3-10(22(24)25)7-14(12)19)26-15(20-21)11-4-2-9(17)6-13(11)18/h2-7,16H,1H3. The fourth-order valence-corrected chi connectivity index (χ4v) is 3.13. The molecule has 1 aliphatic rings. The molecule has 7 nitrogen and oxygen atoms in total. The maximum absolute atomic E-state index is 12.0. The van der Waals surface area contributed by atoms with Gasteiger partial charge in [-0.3, -0.25) is 14.9 Å². The molecule has 0 bridgehead atoms. The Balaban J connectivity index is 1.99. The smallest absolute Gasteiger partial charge is 0.270 e. The highest BCUT2D eigenvalue weighted by atomic mass is 35.5. The SMILES string of the molecule is CC(=O)N1N=C(c2ccc(Cl)cc2Cl)OC1c1ccc([N+](=O)[O-])cc1Cl. The van der Waals surface area contributed by atoms with Gasteiger partial charge in [0, 0.05) is 29.6 Å². The molecular weight excluding hydrogens is 405 g/mol. The van der Waals surface area contributed by atoms with Gasteiger partial charge < -0.3 is 4.74 Å². The number of hydrogen-bond donors (Lipinski definition) is 0. The Morgan fingerprint density at radius 2 is 1.92 bits per heavy atom. The van der Waals surface area contributed by atoms with Crippen LogP contribution in [-0.2, 0) is 9.53 Å². The third kappa shape index (κ3) is 3.46. The number of ether oxygens (including phenoxy) is 1. The Labute approximate surface area is 162 Å². The van der Waals surface area contributed by atoms with E-state index in [2.05, 4.69) is 5.10 Å². The van der Waals surface area contributed by atoms with E-state index in [1.54, 1.807) is 12.1 Å². The molecule has 0 aliphatic carbocycles. The highest BCUT2D eigenvalue weighted by molar-refractivity contribution is 6.36. The number of amides is 1. The first-order valence-corrected chi connectivity index (χ1v) is 8.35. The fourth-order valence-electron chi connectivity index (χ4n) is 2.37. The monoisotopic (exact) mass is 413 g/mol. The van der Waals surface area contributed by atoms with Crippen LogP contribution in [-0.4, -0.2) is 21.7 Å². The van der Waals surface area contributed by atoms with Crippen molar-refractivity contribution in [3.05, 3.63) is 72.7 Å². The van der Waals surface area contributed by atoms with Crippen molar-refractivity contribution in [2.75, 3.05) is 0 Å². The van der Waals surface area contributed by atoms with Crippen LogP contribution in [0.3, 0.4) is 0 Å². The van der Waals surface area contributed by atoms with Gasteiger partial charge in [0.15, 0.2) is 0 Å². The number of nitro groups is 1. The quantitative estimate of drug-likeness (QED) is 0.533. The number of halogens is 3. The Bertz CT molecular complexity index is 948. The van der Waals surface area contributed by atoms with Crippen LogP contribution in [0.5, 0.6) is 0 Å². The Kier molecular flexibility index (Phi) is 5.04. The zero-order chi connectivity index (χ0) is 19.0. The van der Waals surface area contributed by atoms with Crippen molar-refractivity contribution in [3.63, 3.8) is 0 Å². The van der Waals surface area contributed by atoms with Crippen molar-refractivity contribution in [3.8, 4) is 0 Å². The van der Waals surface area contributed by atoms with Crippen LogP contribution in [0.25, 0.3) is 0 Å². The van der Waals surface area contributed by atoms with Gasteiger partial charge in [0.25, 0.3) is 5.69 Å². The lowest BCUT2D eigenvalue weighted by Crippen LogP contribution is -2.25. The zero-order valence-corrected chi connectivity index (χ0v) is 15.4. The summed E-state index contributed by atoms with van der Waals surface area (Å²) in [6, 6.07) is 8.63. The molecule has 1 aliphatic heterocycles. The lowest BCUT2D eigenvalue weighted by molar-refractivity contribution is -0.384. The topological polar surface area (TPSA) is 85.0 Å². The van der Waals surface area contributed by atoms with Gasteiger partial charge in [-0.1, -0.05) is 34.8 Å². The van der Waals surface area contributed by atoms with Gasteiger partial charge in [0.2, 0.25) is 18.0 Å². The first-order valence-electron chi connectivity index (χ1n) is 7.22. The van der Waals surface area contributed by atoms with E-state index in [1.165, 1.54) is 31.2 Å². The maximum atomic E-state index is 12.0. The van der Waals surface area contributed by atoms with E-state index in [0.29, 0.717) is 21.2 Å². The molecule has 0 spiro atoms. The molecule has 2 aromatic carbocycles. The summed E-state index contributed by atoms with van der Waals surface area (Å²) < 4.78 is 5.78. The molecule has 0 N–H and O–H groups in total.